The minimum atomic E-state index is -0.898. The molecule has 0 bridgehead atoms. The molecule has 2 N–H and O–H groups in total. The minimum absolute atomic E-state index is 0.0734. The lowest BCUT2D eigenvalue weighted by atomic mass is 9.80. The van der Waals surface area contributed by atoms with E-state index in [0.717, 1.165) is 55.9 Å². The molecule has 1 unspecified atom stereocenters. The van der Waals surface area contributed by atoms with Crippen LogP contribution in [-0.2, 0) is 13.7 Å². The van der Waals surface area contributed by atoms with Crippen LogP contribution in [0.1, 0.15) is 49.9 Å². The van der Waals surface area contributed by atoms with E-state index in [1.54, 1.807) is 37.4 Å². The first-order chi connectivity index (χ1) is 27.8. The van der Waals surface area contributed by atoms with Gasteiger partial charge in [-0.2, -0.15) is 0 Å². The molecule has 1 fully saturated rings. The summed E-state index contributed by atoms with van der Waals surface area (Å²) >= 11 is 3.60. The fourth-order valence-corrected chi connectivity index (χ4v) is 7.47. The first-order valence-corrected chi connectivity index (χ1v) is 19.3. The molecule has 57 heavy (non-hydrogen) atoms. The number of ether oxygens (including phenoxy) is 2. The molecule has 1 aliphatic heterocycles. The lowest BCUT2D eigenvalue weighted by Gasteiger charge is -2.36. The number of allylic oxidation sites excluding steroid dienone is 2. The van der Waals surface area contributed by atoms with E-state index in [1.807, 2.05) is 35.7 Å². The number of nitrogens with zero attached hydrogens (tertiary/aromatic N) is 5. The molecule has 0 radical (unpaired) electrons. The fourth-order valence-electron chi connectivity index (χ4n) is 7.38. The molecule has 1 saturated heterocycles. The number of para-hydroxylation sites is 1. The predicted molar refractivity (Wildman–Crippen MR) is 216 cm³/mol. The van der Waals surface area contributed by atoms with Gasteiger partial charge in [0.2, 0.25) is 5.95 Å². The van der Waals surface area contributed by atoms with Crippen molar-refractivity contribution in [3.05, 3.63) is 114 Å². The van der Waals surface area contributed by atoms with Crippen molar-refractivity contribution in [3.63, 3.8) is 0 Å². The number of likely N-dealkylation sites (tertiary alicyclic amines) is 1. The summed E-state index contributed by atoms with van der Waals surface area (Å²) in [5.74, 6) is -0.733. The summed E-state index contributed by atoms with van der Waals surface area (Å²) < 4.78 is 47.4. The van der Waals surface area contributed by atoms with Crippen LogP contribution in [0.25, 0.3) is 28.3 Å². The van der Waals surface area contributed by atoms with Crippen LogP contribution in [0.2, 0.25) is 0 Å². The molecule has 15 heteroatoms. The third-order valence-corrected chi connectivity index (χ3v) is 10.4. The number of rotatable bonds is 14. The molecule has 1 atom stereocenters. The van der Waals surface area contributed by atoms with Crippen LogP contribution in [0.3, 0.4) is 0 Å². The van der Waals surface area contributed by atoms with E-state index in [9.17, 15) is 18.4 Å². The average molecular weight is 796 g/mol. The second kappa shape index (κ2) is 18.0. The SMILES string of the molecule is CCOC1=CC(C2CCN(CCC(=O)OS)CC2)CC=C1Nc1nccc(-c2c(-c3ccc(OCC)c(C(=O)Nc4c(F)cccc4F)c3)nc3ccccn23)n1. The van der Waals surface area contributed by atoms with Crippen LogP contribution in [0.5, 0.6) is 5.75 Å². The summed E-state index contributed by atoms with van der Waals surface area (Å²) in [4.78, 5) is 41.8. The number of hydrogen-bond acceptors (Lipinski definition) is 11. The molecule has 2 aliphatic rings. The fraction of sp³-hybridized carbons (Fsp3) is 0.310. The zero-order valence-electron chi connectivity index (χ0n) is 31.6. The third-order valence-electron chi connectivity index (χ3n) is 10.2. The number of piperidine rings is 1. The van der Waals surface area contributed by atoms with Crippen LogP contribution in [0.4, 0.5) is 20.4 Å². The van der Waals surface area contributed by atoms with Gasteiger partial charge >= 0.3 is 5.97 Å². The number of pyridine rings is 1. The first kappa shape index (κ1) is 39.4. The highest BCUT2D eigenvalue weighted by Crippen LogP contribution is 2.37. The molecule has 296 valence electrons. The number of nitrogens with one attached hydrogen (secondary N) is 2. The highest BCUT2D eigenvalue weighted by Gasteiger charge is 2.29. The summed E-state index contributed by atoms with van der Waals surface area (Å²) in [6, 6.07) is 15.8. The zero-order valence-corrected chi connectivity index (χ0v) is 32.5. The van der Waals surface area contributed by atoms with E-state index in [2.05, 4.69) is 49.8 Å². The number of fused-ring (bicyclic) bond motifs is 1. The standard InChI is InChI=1S/C42H43F2N7O5S/c1-3-54-34-14-12-28(24-29(34)41(53)49-39-30(43)8-7-9-31(39)44)38-40(51-20-6-5-10-36(51)48-38)33-15-19-45-42(47-33)46-32-13-11-27(25-35(32)55-4-2)26-16-21-50(22-17-26)23-18-37(52)56-57/h5-10,12-15,19-20,24-27,57H,3-4,11,16-18,21-23H2,1-2H3,(H,49,53)(H,45,46,47). The van der Waals surface area contributed by atoms with E-state index in [0.29, 0.717) is 65.6 Å². The van der Waals surface area contributed by atoms with Crippen molar-refractivity contribution in [1.29, 1.82) is 0 Å². The molecular weight excluding hydrogens is 753 g/mol. The molecule has 4 heterocycles. The maximum atomic E-state index is 14.5. The third kappa shape index (κ3) is 8.94. The highest BCUT2D eigenvalue weighted by molar-refractivity contribution is 7.75. The van der Waals surface area contributed by atoms with Gasteiger partial charge in [-0.25, -0.2) is 23.7 Å². The Labute approximate surface area is 334 Å². The molecule has 3 aromatic heterocycles. The van der Waals surface area contributed by atoms with Crippen molar-refractivity contribution < 1.29 is 32.0 Å². The quantitative estimate of drug-likeness (QED) is 0.0748. The van der Waals surface area contributed by atoms with Gasteiger partial charge in [-0.3, -0.25) is 14.0 Å². The number of imidazole rings is 1. The predicted octanol–water partition coefficient (Wildman–Crippen LogP) is 8.11. The van der Waals surface area contributed by atoms with Gasteiger partial charge in [0.15, 0.2) is 0 Å². The number of aromatic nitrogens is 4. The van der Waals surface area contributed by atoms with Gasteiger partial charge in [-0.1, -0.05) is 18.2 Å². The molecule has 12 nitrogen and oxygen atoms in total. The second-order valence-corrected chi connectivity index (χ2v) is 13.9. The number of amides is 1. The average Bonchev–Trinajstić information content (AvgIpc) is 3.62. The normalized spacial score (nSPS) is 16.1. The number of hydrogen-bond donors (Lipinski definition) is 3. The van der Waals surface area contributed by atoms with Crippen LogP contribution < -0.4 is 15.4 Å². The zero-order chi connectivity index (χ0) is 39.9. The van der Waals surface area contributed by atoms with Crippen LogP contribution in [-0.4, -0.2) is 69.0 Å². The lowest BCUT2D eigenvalue weighted by Crippen LogP contribution is -2.37. The van der Waals surface area contributed by atoms with Crippen LogP contribution in [0, 0.1) is 23.5 Å². The van der Waals surface area contributed by atoms with Crippen molar-refractivity contribution in [1.82, 2.24) is 24.3 Å². The van der Waals surface area contributed by atoms with Gasteiger partial charge < -0.3 is 29.2 Å². The Kier molecular flexibility index (Phi) is 12.4. The van der Waals surface area contributed by atoms with E-state index in [4.69, 9.17) is 19.4 Å². The summed E-state index contributed by atoms with van der Waals surface area (Å²) in [6.07, 6.45) is 11.1. The highest BCUT2D eigenvalue weighted by atomic mass is 32.1. The van der Waals surface area contributed by atoms with E-state index in [1.165, 1.54) is 6.07 Å². The number of thiol groups is 1. The summed E-state index contributed by atoms with van der Waals surface area (Å²) in [5, 5.41) is 5.77. The Morgan fingerprint density at radius 1 is 0.965 bits per heavy atom. The van der Waals surface area contributed by atoms with E-state index >= 15 is 0 Å². The number of carbonyl (C=O) groups is 2. The topological polar surface area (TPSA) is 132 Å². The Bertz CT molecular complexity index is 2310. The summed E-state index contributed by atoms with van der Waals surface area (Å²) in [5.41, 5.74) is 3.20. The van der Waals surface area contributed by atoms with Crippen molar-refractivity contribution in [3.8, 4) is 28.4 Å². The maximum Gasteiger partial charge on any atom is 0.318 e. The number of halogens is 2. The summed E-state index contributed by atoms with van der Waals surface area (Å²) in [6.45, 7) is 6.98. The number of anilines is 2. The van der Waals surface area contributed by atoms with Crippen LogP contribution >= 0.6 is 12.9 Å². The van der Waals surface area contributed by atoms with Crippen molar-refractivity contribution in [2.75, 3.05) is 43.5 Å². The van der Waals surface area contributed by atoms with Gasteiger partial charge in [0, 0.05) is 37.4 Å². The minimum Gasteiger partial charge on any atom is -0.493 e. The van der Waals surface area contributed by atoms with E-state index < -0.39 is 23.2 Å². The lowest BCUT2D eigenvalue weighted by molar-refractivity contribution is -0.133. The Balaban J connectivity index is 1.15. The Morgan fingerprint density at radius 2 is 1.75 bits per heavy atom. The van der Waals surface area contributed by atoms with E-state index in [-0.39, 0.29) is 23.9 Å². The molecular formula is C42H43F2N7O5S. The first-order valence-electron chi connectivity index (χ1n) is 19.0. The van der Waals surface area contributed by atoms with Crippen molar-refractivity contribution >= 4 is 42.1 Å². The second-order valence-electron chi connectivity index (χ2n) is 13.7. The molecule has 0 spiro atoms. The number of benzene rings is 2. The van der Waals surface area contributed by atoms with Crippen LogP contribution in [0.15, 0.2) is 96.7 Å². The molecule has 1 amide bonds. The van der Waals surface area contributed by atoms with Crippen molar-refractivity contribution in [2.45, 2.75) is 39.5 Å². The molecule has 2 aromatic carbocycles. The van der Waals surface area contributed by atoms with Gasteiger partial charge in [0.1, 0.15) is 34.5 Å². The maximum absolute atomic E-state index is 14.5. The molecule has 5 aromatic rings. The Hall–Kier alpha value is -5.80. The molecule has 7 rings (SSSR count). The molecule has 0 saturated carbocycles. The molecule has 1 aliphatic carbocycles. The largest absolute Gasteiger partial charge is 0.493 e. The van der Waals surface area contributed by atoms with Gasteiger partial charge in [0.25, 0.3) is 5.91 Å². The summed E-state index contributed by atoms with van der Waals surface area (Å²) in [7, 11) is 0. The monoisotopic (exact) mass is 795 g/mol. The smallest absolute Gasteiger partial charge is 0.318 e. The van der Waals surface area contributed by atoms with Gasteiger partial charge in [-0.05, 0) is 113 Å². The van der Waals surface area contributed by atoms with Gasteiger partial charge in [0.05, 0.1) is 48.0 Å². The van der Waals surface area contributed by atoms with Gasteiger partial charge in [-0.15, -0.1) is 0 Å². The Morgan fingerprint density at radius 3 is 2.51 bits per heavy atom. The number of carbonyl (C=O) groups excluding carboxylic acids is 2. The van der Waals surface area contributed by atoms with Crippen molar-refractivity contribution in [2.24, 2.45) is 11.8 Å².